The van der Waals surface area contributed by atoms with E-state index in [1.54, 1.807) is 12.3 Å². The van der Waals surface area contributed by atoms with E-state index in [-0.39, 0.29) is 5.92 Å². The van der Waals surface area contributed by atoms with E-state index >= 15 is 0 Å². The van der Waals surface area contributed by atoms with Gasteiger partial charge in [0.05, 0.1) is 12.2 Å². The monoisotopic (exact) mass is 320 g/mol. The Hall–Kier alpha value is -2.81. The molecule has 0 aliphatic heterocycles. The van der Waals surface area contributed by atoms with Gasteiger partial charge in [0.1, 0.15) is 0 Å². The largest absolute Gasteiger partial charge is 0.461 e. The molecule has 122 valence electrons. The summed E-state index contributed by atoms with van der Waals surface area (Å²) in [4.78, 5) is 11.0. The van der Waals surface area contributed by atoms with Crippen LogP contribution < -0.4 is 0 Å². The lowest BCUT2D eigenvalue weighted by molar-refractivity contribution is -0.155. The van der Waals surface area contributed by atoms with Gasteiger partial charge in [0.15, 0.2) is 0 Å². The van der Waals surface area contributed by atoms with Crippen molar-refractivity contribution in [2.45, 2.75) is 25.6 Å². The molecule has 1 unspecified atom stereocenters. The molecule has 0 radical (unpaired) electrons. The first kappa shape index (κ1) is 16.1. The first-order chi connectivity index (χ1) is 11.9. The highest BCUT2D eigenvalue weighted by molar-refractivity contribution is 5.79. The van der Waals surface area contributed by atoms with E-state index in [1.165, 1.54) is 0 Å². The number of benzene rings is 2. The van der Waals surface area contributed by atoms with E-state index < -0.39 is 6.29 Å². The molecule has 3 heteroatoms. The number of carbonyl (C=O) groups is 1. The summed E-state index contributed by atoms with van der Waals surface area (Å²) in [6.07, 6.45) is 7.58. The predicted molar refractivity (Wildman–Crippen MR) is 94.3 cm³/mol. The first-order valence-electron chi connectivity index (χ1n) is 8.11. The third-order valence-corrected chi connectivity index (χ3v) is 4.12. The average molecular weight is 320 g/mol. The molecule has 0 fully saturated rings. The van der Waals surface area contributed by atoms with E-state index in [0.717, 1.165) is 28.7 Å². The van der Waals surface area contributed by atoms with Gasteiger partial charge in [-0.1, -0.05) is 67.6 Å². The van der Waals surface area contributed by atoms with Gasteiger partial charge < -0.3 is 9.47 Å². The van der Waals surface area contributed by atoms with Crippen molar-refractivity contribution in [1.82, 2.24) is 0 Å². The summed E-state index contributed by atoms with van der Waals surface area (Å²) in [7, 11) is 0. The van der Waals surface area contributed by atoms with Gasteiger partial charge in [-0.3, -0.25) is 4.79 Å². The molecule has 1 aliphatic rings. The molecule has 0 N–H and O–H groups in total. The lowest BCUT2D eigenvalue weighted by Gasteiger charge is -2.23. The van der Waals surface area contributed by atoms with Gasteiger partial charge in [-0.25, -0.2) is 0 Å². The van der Waals surface area contributed by atoms with Crippen LogP contribution in [0.15, 0.2) is 73.0 Å². The van der Waals surface area contributed by atoms with Crippen molar-refractivity contribution in [2.24, 2.45) is 0 Å². The standard InChI is InChI=1S/C21H20O3/c1-2-3-4-9-14-23-21(24-15-22)20-18-12-7-5-10-16(18)17-11-6-8-13-19(17)20/h3-15,20-21H,2H2,1H3. The molecule has 1 atom stereocenters. The number of ether oxygens (including phenoxy) is 2. The third-order valence-electron chi connectivity index (χ3n) is 4.12. The molecule has 0 saturated carbocycles. The number of allylic oxidation sites excluding steroid dienone is 3. The topological polar surface area (TPSA) is 35.5 Å². The van der Waals surface area contributed by atoms with Crippen molar-refractivity contribution >= 4 is 6.47 Å². The maximum atomic E-state index is 11.0. The Bertz CT molecular complexity index is 716. The highest BCUT2D eigenvalue weighted by atomic mass is 16.7. The van der Waals surface area contributed by atoms with Gasteiger partial charge in [0.25, 0.3) is 12.8 Å². The van der Waals surface area contributed by atoms with Crippen molar-refractivity contribution in [2.75, 3.05) is 0 Å². The molecule has 0 amide bonds. The highest BCUT2D eigenvalue weighted by Gasteiger charge is 2.36. The van der Waals surface area contributed by atoms with Crippen LogP contribution in [0.5, 0.6) is 0 Å². The lowest BCUT2D eigenvalue weighted by atomic mass is 9.96. The van der Waals surface area contributed by atoms with Gasteiger partial charge in [-0.15, -0.1) is 0 Å². The molecule has 0 aromatic heterocycles. The molecule has 24 heavy (non-hydrogen) atoms. The summed E-state index contributed by atoms with van der Waals surface area (Å²) in [6, 6.07) is 16.3. The lowest BCUT2D eigenvalue weighted by Crippen LogP contribution is -2.23. The van der Waals surface area contributed by atoms with Gasteiger partial charge >= 0.3 is 0 Å². The van der Waals surface area contributed by atoms with Gasteiger partial charge in [0, 0.05) is 0 Å². The maximum Gasteiger partial charge on any atom is 0.296 e. The zero-order chi connectivity index (χ0) is 16.8. The average Bonchev–Trinajstić information content (AvgIpc) is 2.95. The fourth-order valence-corrected chi connectivity index (χ4v) is 3.11. The van der Waals surface area contributed by atoms with Gasteiger partial charge in [0.2, 0.25) is 0 Å². The number of hydrogen-bond acceptors (Lipinski definition) is 3. The Morgan fingerprint density at radius 2 is 1.58 bits per heavy atom. The molecule has 2 aromatic carbocycles. The number of fused-ring (bicyclic) bond motifs is 3. The molecule has 0 saturated heterocycles. The Balaban J connectivity index is 1.94. The normalized spacial score (nSPS) is 14.5. The summed E-state index contributed by atoms with van der Waals surface area (Å²) in [6.45, 7) is 2.51. The van der Waals surface area contributed by atoms with Crippen molar-refractivity contribution < 1.29 is 14.3 Å². The molecular formula is C21H20O3. The molecule has 1 aliphatic carbocycles. The molecular weight excluding hydrogens is 300 g/mol. The second kappa shape index (κ2) is 7.64. The van der Waals surface area contributed by atoms with Gasteiger partial charge in [-0.2, -0.15) is 0 Å². The SMILES string of the molecule is CCC=CC=COC(OC=O)C1c2ccccc2-c2ccccc21. The Morgan fingerprint density at radius 3 is 2.17 bits per heavy atom. The van der Waals surface area contributed by atoms with Crippen LogP contribution in [-0.4, -0.2) is 12.8 Å². The zero-order valence-corrected chi connectivity index (χ0v) is 13.6. The summed E-state index contributed by atoms with van der Waals surface area (Å²) >= 11 is 0. The Kier molecular flexibility index (Phi) is 5.12. The van der Waals surface area contributed by atoms with Crippen LogP contribution in [0.4, 0.5) is 0 Å². The van der Waals surface area contributed by atoms with E-state index in [1.807, 2.05) is 36.4 Å². The molecule has 2 aromatic rings. The number of carbonyl (C=O) groups excluding carboxylic acids is 1. The number of rotatable bonds is 7. The second-order valence-electron chi connectivity index (χ2n) is 5.55. The predicted octanol–water partition coefficient (Wildman–Crippen LogP) is 4.79. The molecule has 0 heterocycles. The van der Waals surface area contributed by atoms with Crippen molar-refractivity contribution in [3.8, 4) is 11.1 Å². The minimum absolute atomic E-state index is 0.137. The van der Waals surface area contributed by atoms with Crippen LogP contribution >= 0.6 is 0 Å². The summed E-state index contributed by atoms with van der Waals surface area (Å²) in [5.41, 5.74) is 4.55. The van der Waals surface area contributed by atoms with Crippen LogP contribution in [0.1, 0.15) is 30.4 Å². The van der Waals surface area contributed by atoms with Crippen molar-refractivity contribution in [1.29, 1.82) is 0 Å². The van der Waals surface area contributed by atoms with Crippen LogP contribution in [0.2, 0.25) is 0 Å². The van der Waals surface area contributed by atoms with E-state index in [2.05, 4.69) is 31.2 Å². The van der Waals surface area contributed by atoms with Crippen LogP contribution in [-0.2, 0) is 14.3 Å². The third kappa shape index (κ3) is 3.11. The quantitative estimate of drug-likeness (QED) is 0.318. The summed E-state index contributed by atoms with van der Waals surface area (Å²) < 4.78 is 11.0. The molecule has 0 bridgehead atoms. The smallest absolute Gasteiger partial charge is 0.296 e. The summed E-state index contributed by atoms with van der Waals surface area (Å²) in [5, 5.41) is 0. The van der Waals surface area contributed by atoms with Crippen molar-refractivity contribution in [3.63, 3.8) is 0 Å². The first-order valence-corrected chi connectivity index (χ1v) is 8.11. The van der Waals surface area contributed by atoms with Gasteiger partial charge in [-0.05, 0) is 34.8 Å². The highest BCUT2D eigenvalue weighted by Crippen LogP contribution is 2.46. The maximum absolute atomic E-state index is 11.0. The minimum atomic E-state index is -0.696. The fraction of sp³-hybridized carbons (Fsp3) is 0.190. The van der Waals surface area contributed by atoms with E-state index in [4.69, 9.17) is 9.47 Å². The summed E-state index contributed by atoms with van der Waals surface area (Å²) in [5.74, 6) is -0.137. The molecule has 3 rings (SSSR count). The number of hydrogen-bond donors (Lipinski definition) is 0. The second-order valence-corrected chi connectivity index (χ2v) is 5.55. The van der Waals surface area contributed by atoms with E-state index in [9.17, 15) is 4.79 Å². The molecule has 3 nitrogen and oxygen atoms in total. The minimum Gasteiger partial charge on any atom is -0.461 e. The van der Waals surface area contributed by atoms with Crippen molar-refractivity contribution in [3.05, 3.63) is 84.1 Å². The van der Waals surface area contributed by atoms with E-state index in [0.29, 0.717) is 6.47 Å². The Morgan fingerprint density at radius 1 is 0.958 bits per heavy atom. The van der Waals surface area contributed by atoms with Crippen LogP contribution in [0.3, 0.4) is 0 Å². The van der Waals surface area contributed by atoms with Crippen LogP contribution in [0.25, 0.3) is 11.1 Å². The molecule has 0 spiro atoms. The fourth-order valence-electron chi connectivity index (χ4n) is 3.11. The Labute approximate surface area is 142 Å². The zero-order valence-electron chi connectivity index (χ0n) is 13.6. The van der Waals surface area contributed by atoms with Crippen LogP contribution in [0, 0.1) is 0 Å².